The molecule has 1 aliphatic rings. The summed E-state index contributed by atoms with van der Waals surface area (Å²) in [6, 6.07) is 20.0. The maximum Gasteiger partial charge on any atom is 0.339 e. The van der Waals surface area contributed by atoms with Crippen LogP contribution in [0.3, 0.4) is 0 Å². The highest BCUT2D eigenvalue weighted by Crippen LogP contribution is 2.26. The Bertz CT molecular complexity index is 1500. The summed E-state index contributed by atoms with van der Waals surface area (Å²) in [4.78, 5) is 25.7. The van der Waals surface area contributed by atoms with E-state index in [-0.39, 0.29) is 34.1 Å². The summed E-state index contributed by atoms with van der Waals surface area (Å²) in [5.41, 5.74) is 0.180. The molecule has 1 atom stereocenters. The van der Waals surface area contributed by atoms with Gasteiger partial charge < -0.3 is 10.1 Å². The van der Waals surface area contributed by atoms with Crippen LogP contribution < -0.4 is 5.32 Å². The number of nitrogens with one attached hydrogen (secondary N) is 1. The SMILES string of the molecule is COC(=O)c1ccccc1NC(=O)[C@@H]1CN(S(=O)(=O)c2ccccc2)CCN1S(=O)(=O)c1ccccc1. The van der Waals surface area contributed by atoms with Gasteiger partial charge in [-0.25, -0.2) is 21.6 Å². The predicted molar refractivity (Wildman–Crippen MR) is 136 cm³/mol. The third kappa shape index (κ3) is 5.42. The van der Waals surface area contributed by atoms with E-state index in [1.165, 1.54) is 43.5 Å². The van der Waals surface area contributed by atoms with E-state index in [0.717, 1.165) is 8.61 Å². The third-order valence-corrected chi connectivity index (χ3v) is 9.72. The molecule has 1 aliphatic heterocycles. The second kappa shape index (κ2) is 10.8. The van der Waals surface area contributed by atoms with Crippen molar-refractivity contribution < 1.29 is 31.2 Å². The number of nitrogens with zero attached hydrogens (tertiary/aromatic N) is 2. The third-order valence-electron chi connectivity index (χ3n) is 5.92. The monoisotopic (exact) mass is 543 g/mol. The lowest BCUT2D eigenvalue weighted by Gasteiger charge is -2.39. The maximum atomic E-state index is 13.5. The Morgan fingerprint density at radius 1 is 0.784 bits per heavy atom. The molecular formula is C25H25N3O7S2. The molecular weight excluding hydrogens is 518 g/mol. The van der Waals surface area contributed by atoms with Crippen molar-refractivity contribution in [3.05, 3.63) is 90.5 Å². The van der Waals surface area contributed by atoms with Crippen molar-refractivity contribution in [3.63, 3.8) is 0 Å². The molecule has 37 heavy (non-hydrogen) atoms. The number of para-hydroxylation sites is 1. The van der Waals surface area contributed by atoms with Crippen LogP contribution in [0.1, 0.15) is 10.4 Å². The van der Waals surface area contributed by atoms with Gasteiger partial charge in [-0.2, -0.15) is 8.61 Å². The van der Waals surface area contributed by atoms with E-state index in [4.69, 9.17) is 4.74 Å². The zero-order valence-electron chi connectivity index (χ0n) is 19.9. The van der Waals surface area contributed by atoms with Crippen LogP contribution in [-0.2, 0) is 29.6 Å². The van der Waals surface area contributed by atoms with Gasteiger partial charge in [0.05, 0.1) is 28.2 Å². The molecule has 0 aromatic heterocycles. The largest absolute Gasteiger partial charge is 0.465 e. The zero-order chi connectivity index (χ0) is 26.6. The zero-order valence-corrected chi connectivity index (χ0v) is 21.5. The van der Waals surface area contributed by atoms with Crippen LogP contribution in [0.4, 0.5) is 5.69 Å². The lowest BCUT2D eigenvalue weighted by molar-refractivity contribution is -0.120. The highest BCUT2D eigenvalue weighted by molar-refractivity contribution is 7.89. The number of anilines is 1. The van der Waals surface area contributed by atoms with Crippen LogP contribution in [0, 0.1) is 0 Å². The number of sulfonamides is 2. The highest BCUT2D eigenvalue weighted by Gasteiger charge is 2.43. The number of carbonyl (C=O) groups excluding carboxylic acids is 2. The number of amides is 1. The Kier molecular flexibility index (Phi) is 7.73. The van der Waals surface area contributed by atoms with Crippen LogP contribution >= 0.6 is 0 Å². The first-order chi connectivity index (χ1) is 17.7. The number of hydrogen-bond donors (Lipinski definition) is 1. The summed E-state index contributed by atoms with van der Waals surface area (Å²) >= 11 is 0. The molecule has 3 aromatic rings. The van der Waals surface area contributed by atoms with Crippen LogP contribution in [0.25, 0.3) is 0 Å². The summed E-state index contributed by atoms with van der Waals surface area (Å²) in [7, 11) is -6.96. The quantitative estimate of drug-likeness (QED) is 0.452. The number of hydrogen-bond acceptors (Lipinski definition) is 7. The molecule has 0 unspecified atom stereocenters. The number of esters is 1. The minimum atomic E-state index is -4.15. The van der Waals surface area contributed by atoms with Crippen molar-refractivity contribution in [3.8, 4) is 0 Å². The van der Waals surface area contributed by atoms with Gasteiger partial charge in [0.15, 0.2) is 0 Å². The second-order valence-electron chi connectivity index (χ2n) is 8.15. The van der Waals surface area contributed by atoms with E-state index >= 15 is 0 Å². The van der Waals surface area contributed by atoms with Gasteiger partial charge in [-0.1, -0.05) is 48.5 Å². The lowest BCUT2D eigenvalue weighted by Crippen LogP contribution is -2.60. The molecule has 1 amide bonds. The molecule has 10 nitrogen and oxygen atoms in total. The van der Waals surface area contributed by atoms with Crippen molar-refractivity contribution in [2.45, 2.75) is 15.8 Å². The van der Waals surface area contributed by atoms with Gasteiger partial charge in [0.2, 0.25) is 26.0 Å². The standard InChI is InChI=1S/C25H25N3O7S2/c1-35-25(30)21-14-8-9-15-22(21)26-24(29)23-18-27(36(31,32)19-10-4-2-5-11-19)16-17-28(23)37(33,34)20-12-6-3-7-13-20/h2-15,23H,16-18H2,1H3,(H,26,29)/t23-/m0/s1. The van der Waals surface area contributed by atoms with E-state index < -0.39 is 44.5 Å². The first-order valence-corrected chi connectivity index (χ1v) is 14.1. The molecule has 1 N–H and O–H groups in total. The Hall–Kier alpha value is -3.58. The van der Waals surface area contributed by atoms with Gasteiger partial charge in [0.1, 0.15) is 6.04 Å². The van der Waals surface area contributed by atoms with Crippen LogP contribution in [0.15, 0.2) is 94.7 Å². The minimum absolute atomic E-state index is 0.0258. The minimum Gasteiger partial charge on any atom is -0.465 e. The summed E-state index contributed by atoms with van der Waals surface area (Å²) in [5, 5.41) is 2.59. The van der Waals surface area contributed by atoms with Crippen LogP contribution in [0.5, 0.6) is 0 Å². The number of ether oxygens (including phenoxy) is 1. The molecule has 1 fully saturated rings. The van der Waals surface area contributed by atoms with Crippen molar-refractivity contribution in [2.75, 3.05) is 32.1 Å². The van der Waals surface area contributed by atoms with Gasteiger partial charge in [-0.3, -0.25) is 4.79 Å². The molecule has 0 radical (unpaired) electrons. The first-order valence-electron chi connectivity index (χ1n) is 11.3. The van der Waals surface area contributed by atoms with Gasteiger partial charge >= 0.3 is 5.97 Å². The molecule has 194 valence electrons. The van der Waals surface area contributed by atoms with Crippen molar-refractivity contribution >= 4 is 37.6 Å². The maximum absolute atomic E-state index is 13.5. The van der Waals surface area contributed by atoms with E-state index in [1.807, 2.05) is 0 Å². The smallest absolute Gasteiger partial charge is 0.339 e. The Labute approximate surface area is 215 Å². The summed E-state index contributed by atoms with van der Waals surface area (Å²) in [5.74, 6) is -1.48. The van der Waals surface area contributed by atoms with E-state index in [2.05, 4.69) is 5.32 Å². The van der Waals surface area contributed by atoms with Crippen LogP contribution in [-0.4, -0.2) is 70.1 Å². The summed E-state index contributed by atoms with van der Waals surface area (Å²) in [6.45, 7) is -0.818. The average molecular weight is 544 g/mol. The van der Waals surface area contributed by atoms with Gasteiger partial charge in [0, 0.05) is 19.6 Å². The topological polar surface area (TPSA) is 130 Å². The molecule has 12 heteroatoms. The highest BCUT2D eigenvalue weighted by atomic mass is 32.2. The number of rotatable bonds is 7. The molecule has 0 bridgehead atoms. The van der Waals surface area contributed by atoms with E-state index in [9.17, 15) is 26.4 Å². The Balaban J connectivity index is 1.71. The summed E-state index contributed by atoms with van der Waals surface area (Å²) in [6.07, 6.45) is 0. The van der Waals surface area contributed by atoms with E-state index in [1.54, 1.807) is 48.5 Å². The predicted octanol–water partition coefficient (Wildman–Crippen LogP) is 2.18. The molecule has 4 rings (SSSR count). The molecule has 0 spiro atoms. The molecule has 0 saturated carbocycles. The lowest BCUT2D eigenvalue weighted by atomic mass is 10.1. The number of carbonyl (C=O) groups is 2. The Morgan fingerprint density at radius 2 is 1.32 bits per heavy atom. The van der Waals surface area contributed by atoms with Crippen molar-refractivity contribution in [2.24, 2.45) is 0 Å². The second-order valence-corrected chi connectivity index (χ2v) is 12.0. The molecule has 3 aromatic carbocycles. The fraction of sp³-hybridized carbons (Fsp3) is 0.200. The molecule has 1 saturated heterocycles. The normalized spacial score (nSPS) is 17.2. The van der Waals surface area contributed by atoms with Gasteiger partial charge in [-0.15, -0.1) is 0 Å². The van der Waals surface area contributed by atoms with Crippen molar-refractivity contribution in [1.29, 1.82) is 0 Å². The van der Waals surface area contributed by atoms with Crippen molar-refractivity contribution in [1.82, 2.24) is 8.61 Å². The summed E-state index contributed by atoms with van der Waals surface area (Å²) < 4.78 is 60.4. The van der Waals surface area contributed by atoms with Gasteiger partial charge in [-0.05, 0) is 36.4 Å². The van der Waals surface area contributed by atoms with Gasteiger partial charge in [0.25, 0.3) is 0 Å². The average Bonchev–Trinajstić information content (AvgIpc) is 2.93. The van der Waals surface area contributed by atoms with E-state index in [0.29, 0.717) is 0 Å². The number of piperazine rings is 1. The first kappa shape index (κ1) is 26.5. The molecule has 1 heterocycles. The number of benzene rings is 3. The fourth-order valence-corrected chi connectivity index (χ4v) is 7.08. The fourth-order valence-electron chi connectivity index (χ4n) is 4.03. The molecule has 0 aliphatic carbocycles. The van der Waals surface area contributed by atoms with Crippen LogP contribution in [0.2, 0.25) is 0 Å². The Morgan fingerprint density at radius 3 is 1.92 bits per heavy atom. The number of methoxy groups -OCH3 is 1.